The van der Waals surface area contributed by atoms with E-state index in [0.717, 1.165) is 25.9 Å². The predicted octanol–water partition coefficient (Wildman–Crippen LogP) is 1.20. The highest BCUT2D eigenvalue weighted by atomic mass is 16.4. The summed E-state index contributed by atoms with van der Waals surface area (Å²) in [6.07, 6.45) is 3.71. The summed E-state index contributed by atoms with van der Waals surface area (Å²) in [6.45, 7) is 5.87. The van der Waals surface area contributed by atoms with Crippen molar-refractivity contribution < 1.29 is 5.21 Å². The van der Waals surface area contributed by atoms with E-state index in [2.05, 4.69) is 27.2 Å². The van der Waals surface area contributed by atoms with Crippen molar-refractivity contribution >= 4 is 11.7 Å². The molecule has 3 N–H and O–H groups in total. The van der Waals surface area contributed by atoms with Gasteiger partial charge in [-0.25, -0.2) is 0 Å². The highest BCUT2D eigenvalue weighted by Gasteiger charge is 2.14. The summed E-state index contributed by atoms with van der Waals surface area (Å²) in [4.78, 5) is 2.07. The van der Waals surface area contributed by atoms with E-state index >= 15 is 0 Å². The minimum Gasteiger partial charge on any atom is -0.409 e. The lowest BCUT2D eigenvalue weighted by Crippen LogP contribution is -2.29. The van der Waals surface area contributed by atoms with E-state index in [4.69, 9.17) is 10.9 Å². The van der Waals surface area contributed by atoms with E-state index in [0.29, 0.717) is 11.4 Å². The molecule has 0 atom stereocenters. The maximum atomic E-state index is 8.74. The van der Waals surface area contributed by atoms with E-state index < -0.39 is 0 Å². The first-order chi connectivity index (χ1) is 8.24. The Kier molecular flexibility index (Phi) is 5.19. The number of rotatable bonds is 6. The molecule has 0 aliphatic heterocycles. The van der Waals surface area contributed by atoms with Gasteiger partial charge in [0.05, 0.1) is 11.8 Å². The number of hydrogen-bond acceptors (Lipinski definition) is 5. The van der Waals surface area contributed by atoms with Crippen LogP contribution in [0.4, 0.5) is 5.82 Å². The molecule has 0 unspecified atom stereocenters. The standard InChI is InChI=1S/C11H19N5O/c1-3-5-8-16(4-2)11-9(10(12)15-17)6-7-13-14-11/h6-7,17H,3-5,8H2,1-2H3,(H2,12,15). The Balaban J connectivity index is 3.01. The summed E-state index contributed by atoms with van der Waals surface area (Å²) in [5, 5.41) is 19.7. The van der Waals surface area contributed by atoms with Crippen molar-refractivity contribution in [2.45, 2.75) is 26.7 Å². The Morgan fingerprint density at radius 1 is 1.53 bits per heavy atom. The van der Waals surface area contributed by atoms with Crippen LogP contribution in [0.25, 0.3) is 0 Å². The van der Waals surface area contributed by atoms with Crippen molar-refractivity contribution in [2.75, 3.05) is 18.0 Å². The molecule has 0 aromatic carbocycles. The van der Waals surface area contributed by atoms with Gasteiger partial charge in [-0.15, -0.1) is 5.10 Å². The number of hydrogen-bond donors (Lipinski definition) is 2. The summed E-state index contributed by atoms with van der Waals surface area (Å²) in [6, 6.07) is 1.70. The molecule has 0 aliphatic carbocycles. The molecular weight excluding hydrogens is 218 g/mol. The van der Waals surface area contributed by atoms with Gasteiger partial charge in [0.2, 0.25) is 0 Å². The average Bonchev–Trinajstić information content (AvgIpc) is 2.39. The average molecular weight is 237 g/mol. The SMILES string of the molecule is CCCCN(CC)c1nnccc1/C(N)=N/O. The molecule has 0 radical (unpaired) electrons. The molecule has 0 fully saturated rings. The van der Waals surface area contributed by atoms with Crippen molar-refractivity contribution in [2.24, 2.45) is 10.9 Å². The van der Waals surface area contributed by atoms with Gasteiger partial charge < -0.3 is 15.8 Å². The van der Waals surface area contributed by atoms with Gasteiger partial charge in [-0.1, -0.05) is 18.5 Å². The minimum absolute atomic E-state index is 0.0600. The number of nitrogens with two attached hydrogens (primary N) is 1. The summed E-state index contributed by atoms with van der Waals surface area (Å²) >= 11 is 0. The lowest BCUT2D eigenvalue weighted by atomic mass is 10.2. The second-order valence-electron chi connectivity index (χ2n) is 3.69. The van der Waals surface area contributed by atoms with Crippen molar-refractivity contribution in [3.05, 3.63) is 17.8 Å². The Bertz CT molecular complexity index is 380. The second kappa shape index (κ2) is 6.67. The van der Waals surface area contributed by atoms with Crippen molar-refractivity contribution in [3.63, 3.8) is 0 Å². The van der Waals surface area contributed by atoms with Crippen LogP contribution in [0.3, 0.4) is 0 Å². The molecular formula is C11H19N5O. The third kappa shape index (κ3) is 3.30. The predicted molar refractivity (Wildman–Crippen MR) is 67.3 cm³/mol. The fourth-order valence-corrected chi connectivity index (χ4v) is 1.57. The van der Waals surface area contributed by atoms with Crippen molar-refractivity contribution in [1.82, 2.24) is 10.2 Å². The van der Waals surface area contributed by atoms with Gasteiger partial charge in [0, 0.05) is 13.1 Å². The molecule has 0 saturated carbocycles. The van der Waals surface area contributed by atoms with E-state index in [-0.39, 0.29) is 5.84 Å². The molecule has 1 aromatic rings. The summed E-state index contributed by atoms with van der Waals surface area (Å²) in [7, 11) is 0. The van der Waals surface area contributed by atoms with Crippen molar-refractivity contribution in [3.8, 4) is 0 Å². The highest BCUT2D eigenvalue weighted by Crippen LogP contribution is 2.16. The van der Waals surface area contributed by atoms with Gasteiger partial charge in [-0.3, -0.25) is 0 Å². The van der Waals surface area contributed by atoms with Crippen LogP contribution in [0, 0.1) is 0 Å². The van der Waals surface area contributed by atoms with Crippen LogP contribution in [0.1, 0.15) is 32.3 Å². The number of oxime groups is 1. The summed E-state index contributed by atoms with van der Waals surface area (Å²) < 4.78 is 0. The monoisotopic (exact) mass is 237 g/mol. The van der Waals surface area contributed by atoms with Crippen molar-refractivity contribution in [1.29, 1.82) is 0 Å². The van der Waals surface area contributed by atoms with Crippen LogP contribution < -0.4 is 10.6 Å². The second-order valence-corrected chi connectivity index (χ2v) is 3.69. The quantitative estimate of drug-likeness (QED) is 0.336. The first kappa shape index (κ1) is 13.2. The molecule has 1 heterocycles. The summed E-state index contributed by atoms with van der Waals surface area (Å²) in [5.74, 6) is 0.726. The smallest absolute Gasteiger partial charge is 0.173 e. The zero-order valence-electron chi connectivity index (χ0n) is 10.3. The minimum atomic E-state index is 0.0600. The lowest BCUT2D eigenvalue weighted by Gasteiger charge is -2.22. The fourth-order valence-electron chi connectivity index (χ4n) is 1.57. The maximum Gasteiger partial charge on any atom is 0.173 e. The van der Waals surface area contributed by atoms with Gasteiger partial charge >= 0.3 is 0 Å². The lowest BCUT2D eigenvalue weighted by molar-refractivity contribution is 0.318. The Morgan fingerprint density at radius 2 is 2.29 bits per heavy atom. The van der Waals surface area contributed by atoms with E-state index in [1.54, 1.807) is 6.07 Å². The van der Waals surface area contributed by atoms with E-state index in [1.807, 2.05) is 6.92 Å². The van der Waals surface area contributed by atoms with Gasteiger partial charge in [0.1, 0.15) is 0 Å². The molecule has 0 amide bonds. The van der Waals surface area contributed by atoms with Gasteiger partial charge in [0.25, 0.3) is 0 Å². The Hall–Kier alpha value is -1.85. The zero-order chi connectivity index (χ0) is 12.7. The van der Waals surface area contributed by atoms with Crippen LogP contribution >= 0.6 is 0 Å². The number of unbranched alkanes of at least 4 members (excludes halogenated alkanes) is 1. The Labute approximate surface area is 101 Å². The van der Waals surface area contributed by atoms with Crippen LogP contribution in [-0.2, 0) is 0 Å². The number of nitrogens with zero attached hydrogens (tertiary/aromatic N) is 4. The molecule has 0 bridgehead atoms. The van der Waals surface area contributed by atoms with Crippen LogP contribution in [0.2, 0.25) is 0 Å². The molecule has 6 nitrogen and oxygen atoms in total. The molecule has 6 heteroatoms. The summed E-state index contributed by atoms with van der Waals surface area (Å²) in [5.41, 5.74) is 6.23. The first-order valence-electron chi connectivity index (χ1n) is 5.79. The molecule has 17 heavy (non-hydrogen) atoms. The molecule has 1 rings (SSSR count). The molecule has 0 saturated heterocycles. The van der Waals surface area contributed by atoms with E-state index in [9.17, 15) is 0 Å². The molecule has 0 spiro atoms. The third-order valence-corrected chi connectivity index (χ3v) is 2.55. The van der Waals surface area contributed by atoms with Gasteiger partial charge in [-0.05, 0) is 19.4 Å². The van der Waals surface area contributed by atoms with Crippen LogP contribution in [0.5, 0.6) is 0 Å². The van der Waals surface area contributed by atoms with Gasteiger partial charge in [0.15, 0.2) is 11.7 Å². The molecule has 0 aliphatic rings. The Morgan fingerprint density at radius 3 is 2.88 bits per heavy atom. The number of anilines is 1. The highest BCUT2D eigenvalue weighted by molar-refractivity contribution is 6.01. The topological polar surface area (TPSA) is 87.6 Å². The fraction of sp³-hybridized carbons (Fsp3) is 0.545. The third-order valence-electron chi connectivity index (χ3n) is 2.55. The van der Waals surface area contributed by atoms with Gasteiger partial charge in [-0.2, -0.15) is 5.10 Å². The first-order valence-corrected chi connectivity index (χ1v) is 5.79. The van der Waals surface area contributed by atoms with Crippen LogP contribution in [-0.4, -0.2) is 34.3 Å². The van der Waals surface area contributed by atoms with Crippen LogP contribution in [0.15, 0.2) is 17.4 Å². The molecule has 94 valence electrons. The zero-order valence-corrected chi connectivity index (χ0v) is 10.3. The number of amidine groups is 1. The van der Waals surface area contributed by atoms with E-state index in [1.165, 1.54) is 6.20 Å². The number of aromatic nitrogens is 2. The maximum absolute atomic E-state index is 8.74. The largest absolute Gasteiger partial charge is 0.409 e. The molecule has 1 aromatic heterocycles. The normalized spacial score (nSPS) is 11.5.